The molecule has 3 aromatic rings. The standard InChI is InChI=1S/C25H26N4O3/c1-32-25(31)24-20-10-6-5-7-17(20)13-14-28(24)16-23(30)26-22-15-21(18-11-12-18)27-29(22)19-8-3-2-4-9-19/h2-10,15,18,24H,11-14,16H2,1H3,(H,26,30)/t24-/m0/s1. The molecule has 2 aromatic carbocycles. The summed E-state index contributed by atoms with van der Waals surface area (Å²) in [6.07, 6.45) is 3.05. The highest BCUT2D eigenvalue weighted by Crippen LogP contribution is 2.40. The van der Waals surface area contributed by atoms with E-state index in [1.54, 1.807) is 4.68 Å². The van der Waals surface area contributed by atoms with Crippen molar-refractivity contribution in [2.75, 3.05) is 25.5 Å². The number of methoxy groups -OCH3 is 1. The number of nitrogens with zero attached hydrogens (tertiary/aromatic N) is 3. The zero-order valence-corrected chi connectivity index (χ0v) is 18.0. The summed E-state index contributed by atoms with van der Waals surface area (Å²) in [5.74, 6) is 0.584. The molecule has 7 heteroatoms. The van der Waals surface area contributed by atoms with E-state index < -0.39 is 6.04 Å². The zero-order valence-electron chi connectivity index (χ0n) is 18.0. The fourth-order valence-electron chi connectivity index (χ4n) is 4.38. The molecule has 1 aromatic heterocycles. The summed E-state index contributed by atoms with van der Waals surface area (Å²) in [5, 5.41) is 7.77. The molecule has 0 saturated heterocycles. The lowest BCUT2D eigenvalue weighted by Gasteiger charge is -2.34. The lowest BCUT2D eigenvalue weighted by Crippen LogP contribution is -2.44. The molecule has 32 heavy (non-hydrogen) atoms. The number of para-hydroxylation sites is 1. The Morgan fingerprint density at radius 2 is 1.84 bits per heavy atom. The zero-order chi connectivity index (χ0) is 22.1. The molecule has 2 heterocycles. The summed E-state index contributed by atoms with van der Waals surface area (Å²) in [6.45, 7) is 0.697. The predicted molar refractivity (Wildman–Crippen MR) is 121 cm³/mol. The van der Waals surface area contributed by atoms with Gasteiger partial charge in [-0.3, -0.25) is 9.69 Å². The Kier molecular flexibility index (Phi) is 5.49. The molecule has 0 bridgehead atoms. The van der Waals surface area contributed by atoms with Gasteiger partial charge in [0.1, 0.15) is 11.9 Å². The molecular weight excluding hydrogens is 404 g/mol. The first-order chi connectivity index (χ1) is 15.6. The molecule has 1 amide bonds. The van der Waals surface area contributed by atoms with Gasteiger partial charge < -0.3 is 10.1 Å². The number of rotatable bonds is 6. The number of anilines is 1. The summed E-state index contributed by atoms with van der Waals surface area (Å²) in [6, 6.07) is 19.0. The SMILES string of the molecule is COC(=O)[C@@H]1c2ccccc2CCN1CC(=O)Nc1cc(C2CC2)nn1-c1ccccc1. The van der Waals surface area contributed by atoms with Crippen LogP contribution in [0.3, 0.4) is 0 Å². The Balaban J connectivity index is 1.37. The highest BCUT2D eigenvalue weighted by Gasteiger charge is 2.35. The molecule has 1 saturated carbocycles. The number of hydrogen-bond donors (Lipinski definition) is 1. The number of hydrogen-bond acceptors (Lipinski definition) is 5. The van der Waals surface area contributed by atoms with E-state index >= 15 is 0 Å². The number of benzene rings is 2. The average molecular weight is 431 g/mol. The van der Waals surface area contributed by atoms with Crippen LogP contribution in [0.2, 0.25) is 0 Å². The quantitative estimate of drug-likeness (QED) is 0.606. The smallest absolute Gasteiger partial charge is 0.327 e. The highest BCUT2D eigenvalue weighted by atomic mass is 16.5. The fourth-order valence-corrected chi connectivity index (χ4v) is 4.38. The Morgan fingerprint density at radius 3 is 2.59 bits per heavy atom. The molecule has 1 atom stereocenters. The van der Waals surface area contributed by atoms with Crippen LogP contribution in [0.25, 0.3) is 5.69 Å². The van der Waals surface area contributed by atoms with Gasteiger partial charge in [-0.1, -0.05) is 42.5 Å². The summed E-state index contributed by atoms with van der Waals surface area (Å²) in [4.78, 5) is 27.6. The van der Waals surface area contributed by atoms with Gasteiger partial charge in [-0.25, -0.2) is 9.48 Å². The molecule has 1 N–H and O–H groups in total. The second-order valence-electron chi connectivity index (χ2n) is 8.37. The molecule has 5 rings (SSSR count). The first kappa shape index (κ1) is 20.5. The van der Waals surface area contributed by atoms with Gasteiger partial charge in [0.25, 0.3) is 0 Å². The lowest BCUT2D eigenvalue weighted by atomic mass is 9.92. The molecule has 2 aliphatic rings. The number of carbonyl (C=O) groups is 2. The number of amides is 1. The van der Waals surface area contributed by atoms with Gasteiger partial charge in [-0.2, -0.15) is 5.10 Å². The number of fused-ring (bicyclic) bond motifs is 1. The van der Waals surface area contributed by atoms with Crippen molar-refractivity contribution in [2.24, 2.45) is 0 Å². The number of aromatic nitrogens is 2. The summed E-state index contributed by atoms with van der Waals surface area (Å²) >= 11 is 0. The van der Waals surface area contributed by atoms with Gasteiger partial charge in [0.05, 0.1) is 25.0 Å². The first-order valence-corrected chi connectivity index (χ1v) is 11.0. The Bertz CT molecular complexity index is 1140. The van der Waals surface area contributed by atoms with Crippen LogP contribution in [-0.4, -0.2) is 46.8 Å². The number of carbonyl (C=O) groups excluding carboxylic acids is 2. The third-order valence-corrected chi connectivity index (χ3v) is 6.15. The second kappa shape index (κ2) is 8.59. The van der Waals surface area contributed by atoms with E-state index in [0.29, 0.717) is 18.3 Å². The van der Waals surface area contributed by atoms with Crippen molar-refractivity contribution in [1.29, 1.82) is 0 Å². The summed E-state index contributed by atoms with van der Waals surface area (Å²) in [5.41, 5.74) is 3.93. The molecular formula is C25H26N4O3. The minimum Gasteiger partial charge on any atom is -0.468 e. The topological polar surface area (TPSA) is 76.5 Å². The van der Waals surface area contributed by atoms with Crippen LogP contribution in [0.15, 0.2) is 60.7 Å². The van der Waals surface area contributed by atoms with Crippen LogP contribution in [-0.2, 0) is 20.7 Å². The van der Waals surface area contributed by atoms with Crippen molar-refractivity contribution in [3.8, 4) is 5.69 Å². The minimum absolute atomic E-state index is 0.0901. The molecule has 7 nitrogen and oxygen atoms in total. The number of nitrogens with one attached hydrogen (secondary N) is 1. The van der Waals surface area contributed by atoms with Crippen LogP contribution >= 0.6 is 0 Å². The van der Waals surface area contributed by atoms with Crippen LogP contribution in [0, 0.1) is 0 Å². The van der Waals surface area contributed by atoms with Gasteiger partial charge in [0.15, 0.2) is 0 Å². The normalized spacial score (nSPS) is 18.1. The van der Waals surface area contributed by atoms with Gasteiger partial charge >= 0.3 is 5.97 Å². The maximum absolute atomic E-state index is 13.1. The third-order valence-electron chi connectivity index (χ3n) is 6.15. The van der Waals surface area contributed by atoms with Crippen molar-refractivity contribution >= 4 is 17.7 Å². The Morgan fingerprint density at radius 1 is 1.09 bits per heavy atom. The van der Waals surface area contributed by atoms with Gasteiger partial charge in [0, 0.05) is 18.5 Å². The summed E-state index contributed by atoms with van der Waals surface area (Å²) in [7, 11) is 1.38. The second-order valence-corrected chi connectivity index (χ2v) is 8.37. The Hall–Kier alpha value is -3.45. The van der Waals surface area contributed by atoms with Gasteiger partial charge in [-0.05, 0) is 42.5 Å². The van der Waals surface area contributed by atoms with Crippen LogP contribution < -0.4 is 5.32 Å². The van der Waals surface area contributed by atoms with Crippen molar-refractivity contribution in [1.82, 2.24) is 14.7 Å². The largest absolute Gasteiger partial charge is 0.468 e. The highest BCUT2D eigenvalue weighted by molar-refractivity contribution is 5.92. The molecule has 0 unspecified atom stereocenters. The van der Waals surface area contributed by atoms with Crippen molar-refractivity contribution in [3.63, 3.8) is 0 Å². The predicted octanol–water partition coefficient (Wildman–Crippen LogP) is 3.46. The van der Waals surface area contributed by atoms with Gasteiger partial charge in [-0.15, -0.1) is 0 Å². The molecule has 1 aliphatic carbocycles. The molecule has 1 aliphatic heterocycles. The lowest BCUT2D eigenvalue weighted by molar-refractivity contribution is -0.148. The summed E-state index contributed by atoms with van der Waals surface area (Å²) < 4.78 is 6.85. The van der Waals surface area contributed by atoms with E-state index in [2.05, 4.69) is 5.32 Å². The first-order valence-electron chi connectivity index (χ1n) is 11.0. The van der Waals surface area contributed by atoms with Gasteiger partial charge in [0.2, 0.25) is 5.91 Å². The van der Waals surface area contributed by atoms with Crippen molar-refractivity contribution in [3.05, 3.63) is 77.5 Å². The fraction of sp³-hybridized carbons (Fsp3) is 0.320. The number of ether oxygens (including phenoxy) is 1. The van der Waals surface area contributed by atoms with E-state index in [1.807, 2.05) is 65.6 Å². The molecule has 164 valence electrons. The molecule has 0 radical (unpaired) electrons. The van der Waals surface area contributed by atoms with E-state index in [-0.39, 0.29) is 18.4 Å². The van der Waals surface area contributed by atoms with Crippen molar-refractivity contribution in [2.45, 2.75) is 31.2 Å². The van der Waals surface area contributed by atoms with Crippen LogP contribution in [0.4, 0.5) is 5.82 Å². The van der Waals surface area contributed by atoms with Crippen LogP contribution in [0.5, 0.6) is 0 Å². The maximum atomic E-state index is 13.1. The van der Waals surface area contributed by atoms with E-state index in [9.17, 15) is 9.59 Å². The number of esters is 1. The monoisotopic (exact) mass is 430 g/mol. The third kappa shape index (κ3) is 4.03. The van der Waals surface area contributed by atoms with E-state index in [0.717, 1.165) is 41.8 Å². The van der Waals surface area contributed by atoms with Crippen molar-refractivity contribution < 1.29 is 14.3 Å². The molecule has 0 spiro atoms. The van der Waals surface area contributed by atoms with E-state index in [4.69, 9.17) is 9.84 Å². The Labute approximate surface area is 187 Å². The van der Waals surface area contributed by atoms with E-state index in [1.165, 1.54) is 7.11 Å². The maximum Gasteiger partial charge on any atom is 0.327 e. The minimum atomic E-state index is -0.586. The van der Waals surface area contributed by atoms with Crippen LogP contribution in [0.1, 0.15) is 41.6 Å². The molecule has 1 fully saturated rings. The average Bonchev–Trinajstić information content (AvgIpc) is 3.59.